The van der Waals surface area contributed by atoms with Gasteiger partial charge in [-0.15, -0.1) is 0 Å². The molecule has 19 heavy (non-hydrogen) atoms. The van der Waals surface area contributed by atoms with Gasteiger partial charge in [-0.1, -0.05) is 6.92 Å². The Morgan fingerprint density at radius 3 is 3.16 bits per heavy atom. The lowest BCUT2D eigenvalue weighted by molar-refractivity contribution is -0.122. The third-order valence-electron chi connectivity index (χ3n) is 3.08. The fourth-order valence-electron chi connectivity index (χ4n) is 1.92. The van der Waals surface area contributed by atoms with Crippen LogP contribution < -0.4 is 10.6 Å². The normalized spacial score (nSPS) is 12.5. The van der Waals surface area contributed by atoms with E-state index in [9.17, 15) is 4.79 Å². The van der Waals surface area contributed by atoms with E-state index in [4.69, 9.17) is 0 Å². The van der Waals surface area contributed by atoms with E-state index in [0.717, 1.165) is 29.6 Å². The second-order valence-corrected chi connectivity index (χ2v) is 4.61. The highest BCUT2D eigenvalue weighted by atomic mass is 16.2. The van der Waals surface area contributed by atoms with Crippen LogP contribution in [0, 0.1) is 0 Å². The van der Waals surface area contributed by atoms with E-state index in [1.807, 2.05) is 32.2 Å². The Balaban J connectivity index is 1.93. The molecule has 2 rings (SSSR count). The molecule has 1 atom stereocenters. The predicted octanol–water partition coefficient (Wildman–Crippen LogP) is 1.57. The minimum atomic E-state index is -0.201. The smallest absolute Gasteiger partial charge is 0.236 e. The summed E-state index contributed by atoms with van der Waals surface area (Å²) in [5.74, 6) is 0.0415. The van der Waals surface area contributed by atoms with Crippen molar-refractivity contribution in [1.29, 1.82) is 0 Å². The first-order valence-electron chi connectivity index (χ1n) is 6.64. The summed E-state index contributed by atoms with van der Waals surface area (Å²) in [5.41, 5.74) is 2.00. The zero-order chi connectivity index (χ0) is 13.7. The van der Waals surface area contributed by atoms with Crippen LogP contribution in [0.4, 0.5) is 0 Å². The van der Waals surface area contributed by atoms with Gasteiger partial charge in [0.25, 0.3) is 0 Å². The van der Waals surface area contributed by atoms with Crippen LogP contribution in [-0.4, -0.2) is 28.5 Å². The van der Waals surface area contributed by atoms with Crippen molar-refractivity contribution in [3.8, 4) is 0 Å². The molecule has 0 aliphatic carbocycles. The van der Waals surface area contributed by atoms with E-state index in [-0.39, 0.29) is 11.9 Å². The SMILES string of the molecule is CCCNC(=O)C(C)NCc1c[nH]c2ncccc12. The number of nitrogens with one attached hydrogen (secondary N) is 3. The number of pyridine rings is 1. The van der Waals surface area contributed by atoms with Crippen molar-refractivity contribution >= 4 is 16.9 Å². The molecule has 3 N–H and O–H groups in total. The molecule has 1 amide bonds. The first kappa shape index (κ1) is 13.5. The van der Waals surface area contributed by atoms with E-state index < -0.39 is 0 Å². The summed E-state index contributed by atoms with van der Waals surface area (Å²) in [7, 11) is 0. The van der Waals surface area contributed by atoms with Gasteiger partial charge in [0.1, 0.15) is 5.65 Å². The molecule has 0 bridgehead atoms. The molecule has 102 valence electrons. The number of fused-ring (bicyclic) bond motifs is 1. The highest BCUT2D eigenvalue weighted by molar-refractivity contribution is 5.82. The highest BCUT2D eigenvalue weighted by Gasteiger charge is 2.12. The Morgan fingerprint density at radius 2 is 2.37 bits per heavy atom. The molecule has 5 heteroatoms. The van der Waals surface area contributed by atoms with Gasteiger partial charge in [-0.2, -0.15) is 0 Å². The van der Waals surface area contributed by atoms with Crippen molar-refractivity contribution < 1.29 is 4.79 Å². The van der Waals surface area contributed by atoms with E-state index in [2.05, 4.69) is 20.6 Å². The van der Waals surface area contributed by atoms with Gasteiger partial charge in [-0.25, -0.2) is 4.98 Å². The van der Waals surface area contributed by atoms with Gasteiger partial charge in [0.2, 0.25) is 5.91 Å². The van der Waals surface area contributed by atoms with Gasteiger partial charge < -0.3 is 15.6 Å². The molecule has 0 aliphatic heterocycles. The summed E-state index contributed by atoms with van der Waals surface area (Å²) in [5, 5.41) is 7.20. The summed E-state index contributed by atoms with van der Waals surface area (Å²) in [4.78, 5) is 19.1. The molecular formula is C14H20N4O. The Kier molecular flexibility index (Phi) is 4.52. The molecule has 0 saturated carbocycles. The molecule has 0 spiro atoms. The van der Waals surface area contributed by atoms with Crippen LogP contribution >= 0.6 is 0 Å². The van der Waals surface area contributed by atoms with Crippen LogP contribution in [0.2, 0.25) is 0 Å². The number of hydrogen-bond acceptors (Lipinski definition) is 3. The van der Waals surface area contributed by atoms with Gasteiger partial charge >= 0.3 is 0 Å². The Morgan fingerprint density at radius 1 is 1.53 bits per heavy atom. The van der Waals surface area contributed by atoms with E-state index >= 15 is 0 Å². The minimum absolute atomic E-state index is 0.0415. The standard InChI is InChI=1S/C14H20N4O/c1-3-6-16-14(19)10(2)17-8-11-9-18-13-12(11)5-4-7-15-13/h4-5,7,9-10,17H,3,6,8H2,1-2H3,(H,15,18)(H,16,19). The van der Waals surface area contributed by atoms with E-state index in [0.29, 0.717) is 6.54 Å². The minimum Gasteiger partial charge on any atom is -0.355 e. The maximum Gasteiger partial charge on any atom is 0.236 e. The van der Waals surface area contributed by atoms with Crippen LogP contribution in [0.3, 0.4) is 0 Å². The summed E-state index contributed by atoms with van der Waals surface area (Å²) >= 11 is 0. The number of nitrogens with zero attached hydrogens (tertiary/aromatic N) is 1. The number of hydrogen-bond donors (Lipinski definition) is 3. The van der Waals surface area contributed by atoms with Crippen molar-refractivity contribution in [3.63, 3.8) is 0 Å². The van der Waals surface area contributed by atoms with E-state index in [1.165, 1.54) is 0 Å². The second kappa shape index (κ2) is 6.33. The maximum absolute atomic E-state index is 11.7. The number of carbonyl (C=O) groups excluding carboxylic acids is 1. The number of aromatic amines is 1. The Bertz CT molecular complexity index is 549. The fraction of sp³-hybridized carbons (Fsp3) is 0.429. The zero-order valence-electron chi connectivity index (χ0n) is 11.4. The molecule has 0 saturated heterocycles. The Labute approximate surface area is 112 Å². The third kappa shape index (κ3) is 3.32. The number of amides is 1. The quantitative estimate of drug-likeness (QED) is 0.738. The van der Waals surface area contributed by atoms with Crippen molar-refractivity contribution in [2.45, 2.75) is 32.9 Å². The van der Waals surface area contributed by atoms with Crippen LogP contribution in [0.15, 0.2) is 24.5 Å². The molecule has 5 nitrogen and oxygen atoms in total. The average molecular weight is 260 g/mol. The van der Waals surface area contributed by atoms with Crippen molar-refractivity contribution in [2.24, 2.45) is 0 Å². The lowest BCUT2D eigenvalue weighted by Gasteiger charge is -2.13. The molecule has 2 heterocycles. The third-order valence-corrected chi connectivity index (χ3v) is 3.08. The van der Waals surface area contributed by atoms with Crippen LogP contribution in [0.5, 0.6) is 0 Å². The summed E-state index contributed by atoms with van der Waals surface area (Å²) < 4.78 is 0. The summed E-state index contributed by atoms with van der Waals surface area (Å²) in [6.45, 7) is 5.28. The number of aromatic nitrogens is 2. The highest BCUT2D eigenvalue weighted by Crippen LogP contribution is 2.15. The number of H-pyrrole nitrogens is 1. The van der Waals surface area contributed by atoms with Crippen molar-refractivity contribution in [2.75, 3.05) is 6.54 Å². The first-order valence-corrected chi connectivity index (χ1v) is 6.64. The second-order valence-electron chi connectivity index (χ2n) is 4.61. The van der Waals surface area contributed by atoms with Gasteiger partial charge in [0.05, 0.1) is 6.04 Å². The first-order chi connectivity index (χ1) is 9.22. The van der Waals surface area contributed by atoms with Crippen molar-refractivity contribution in [3.05, 3.63) is 30.1 Å². The predicted molar refractivity (Wildman–Crippen MR) is 75.7 cm³/mol. The lowest BCUT2D eigenvalue weighted by atomic mass is 10.2. The molecule has 0 radical (unpaired) electrons. The lowest BCUT2D eigenvalue weighted by Crippen LogP contribution is -2.42. The van der Waals surface area contributed by atoms with Gasteiger partial charge in [0, 0.05) is 30.9 Å². The molecule has 2 aromatic heterocycles. The monoisotopic (exact) mass is 260 g/mol. The number of carbonyl (C=O) groups is 1. The summed E-state index contributed by atoms with van der Waals surface area (Å²) in [6, 6.07) is 3.74. The molecule has 0 aliphatic rings. The molecule has 2 aromatic rings. The average Bonchev–Trinajstić information content (AvgIpc) is 2.85. The van der Waals surface area contributed by atoms with Crippen LogP contribution in [-0.2, 0) is 11.3 Å². The molecule has 0 aromatic carbocycles. The molecule has 0 fully saturated rings. The summed E-state index contributed by atoms with van der Waals surface area (Å²) in [6.07, 6.45) is 4.64. The van der Waals surface area contributed by atoms with E-state index in [1.54, 1.807) is 6.20 Å². The largest absolute Gasteiger partial charge is 0.355 e. The molecular weight excluding hydrogens is 240 g/mol. The molecule has 1 unspecified atom stereocenters. The Hall–Kier alpha value is -1.88. The van der Waals surface area contributed by atoms with Gasteiger partial charge in [-0.05, 0) is 31.0 Å². The van der Waals surface area contributed by atoms with Gasteiger partial charge in [-0.3, -0.25) is 4.79 Å². The fourth-order valence-corrected chi connectivity index (χ4v) is 1.92. The van der Waals surface area contributed by atoms with Crippen molar-refractivity contribution in [1.82, 2.24) is 20.6 Å². The number of rotatable bonds is 6. The van der Waals surface area contributed by atoms with Crippen LogP contribution in [0.25, 0.3) is 11.0 Å². The topological polar surface area (TPSA) is 69.8 Å². The maximum atomic E-state index is 11.7. The van der Waals surface area contributed by atoms with Gasteiger partial charge in [0.15, 0.2) is 0 Å². The van der Waals surface area contributed by atoms with Crippen LogP contribution in [0.1, 0.15) is 25.8 Å². The zero-order valence-corrected chi connectivity index (χ0v) is 11.4.